The first-order chi connectivity index (χ1) is 16.3. The SMILES string of the molecule is C=C(/C=C\c1c(C)cccc1C)C(=O)NSc1cc(C2(C)CCOCC2)ccc1OC.CCC. The second-order valence-electron chi connectivity index (χ2n) is 8.94. The third kappa shape index (κ3) is 7.51. The number of rotatable bonds is 7. The van der Waals surface area contributed by atoms with E-state index in [1.807, 2.05) is 18.2 Å². The highest BCUT2D eigenvalue weighted by molar-refractivity contribution is 7.98. The molecule has 2 aromatic carbocycles. The van der Waals surface area contributed by atoms with Gasteiger partial charge in [0.1, 0.15) is 5.75 Å². The minimum Gasteiger partial charge on any atom is -0.496 e. The summed E-state index contributed by atoms with van der Waals surface area (Å²) in [4.78, 5) is 13.5. The number of hydrogen-bond donors (Lipinski definition) is 1. The fourth-order valence-corrected chi connectivity index (χ4v) is 4.53. The highest BCUT2D eigenvalue weighted by Gasteiger charge is 2.30. The van der Waals surface area contributed by atoms with Gasteiger partial charge in [-0.3, -0.25) is 9.52 Å². The molecular formula is C29H39NO3S. The Morgan fingerprint density at radius 1 is 1.18 bits per heavy atom. The lowest BCUT2D eigenvalue weighted by atomic mass is 9.76. The fourth-order valence-electron chi connectivity index (χ4n) is 3.76. The normalized spacial score (nSPS) is 14.8. The molecule has 0 saturated carbocycles. The molecule has 184 valence electrons. The first kappa shape index (κ1) is 27.7. The van der Waals surface area contributed by atoms with Crippen LogP contribution in [-0.2, 0) is 14.9 Å². The van der Waals surface area contributed by atoms with E-state index >= 15 is 0 Å². The van der Waals surface area contributed by atoms with Crippen molar-refractivity contribution in [3.05, 3.63) is 76.9 Å². The molecule has 1 fully saturated rings. The molecule has 0 atom stereocenters. The number of methoxy groups -OCH3 is 1. The molecule has 0 radical (unpaired) electrons. The van der Waals surface area contributed by atoms with Crippen LogP contribution in [-0.4, -0.2) is 26.2 Å². The molecule has 1 aliphatic heterocycles. The Morgan fingerprint density at radius 2 is 1.79 bits per heavy atom. The van der Waals surface area contributed by atoms with Crippen LogP contribution in [0.25, 0.3) is 6.08 Å². The van der Waals surface area contributed by atoms with Crippen molar-refractivity contribution in [2.24, 2.45) is 0 Å². The molecule has 34 heavy (non-hydrogen) atoms. The Balaban J connectivity index is 0.00000129. The molecule has 0 bridgehead atoms. The Labute approximate surface area is 210 Å². The number of amides is 1. The van der Waals surface area contributed by atoms with Crippen LogP contribution >= 0.6 is 11.9 Å². The lowest BCUT2D eigenvalue weighted by Crippen LogP contribution is -2.30. The molecule has 1 N–H and O–H groups in total. The number of hydrogen-bond acceptors (Lipinski definition) is 4. The second kappa shape index (κ2) is 13.4. The highest BCUT2D eigenvalue weighted by Crippen LogP contribution is 2.38. The smallest absolute Gasteiger partial charge is 0.260 e. The average Bonchev–Trinajstić information content (AvgIpc) is 2.82. The Bertz CT molecular complexity index is 986. The van der Waals surface area contributed by atoms with Crippen molar-refractivity contribution in [2.45, 2.75) is 64.2 Å². The van der Waals surface area contributed by atoms with E-state index in [-0.39, 0.29) is 11.3 Å². The molecule has 0 spiro atoms. The Kier molecular flexibility index (Phi) is 10.9. The maximum atomic E-state index is 12.6. The summed E-state index contributed by atoms with van der Waals surface area (Å²) in [6.07, 6.45) is 6.93. The van der Waals surface area contributed by atoms with Gasteiger partial charge in [-0.25, -0.2) is 0 Å². The predicted octanol–water partition coefficient (Wildman–Crippen LogP) is 7.19. The van der Waals surface area contributed by atoms with Gasteiger partial charge in [-0.2, -0.15) is 0 Å². The topological polar surface area (TPSA) is 47.6 Å². The van der Waals surface area contributed by atoms with E-state index in [1.54, 1.807) is 13.2 Å². The van der Waals surface area contributed by atoms with E-state index in [2.05, 4.69) is 70.2 Å². The zero-order chi connectivity index (χ0) is 25.1. The molecule has 0 aromatic heterocycles. The van der Waals surface area contributed by atoms with Crippen LogP contribution in [0.1, 0.15) is 62.3 Å². The van der Waals surface area contributed by atoms with Gasteiger partial charge < -0.3 is 9.47 Å². The number of aryl methyl sites for hydroxylation is 2. The predicted molar refractivity (Wildman–Crippen MR) is 144 cm³/mol. The third-order valence-corrected chi connectivity index (χ3v) is 6.82. The van der Waals surface area contributed by atoms with E-state index in [1.165, 1.54) is 35.1 Å². The second-order valence-corrected chi connectivity index (χ2v) is 9.79. The van der Waals surface area contributed by atoms with Crippen LogP contribution in [0, 0.1) is 13.8 Å². The number of carbonyl (C=O) groups is 1. The maximum Gasteiger partial charge on any atom is 0.260 e. The molecule has 5 heteroatoms. The van der Waals surface area contributed by atoms with Crippen molar-refractivity contribution >= 4 is 23.9 Å². The van der Waals surface area contributed by atoms with Crippen molar-refractivity contribution in [2.75, 3.05) is 20.3 Å². The molecule has 1 heterocycles. The quantitative estimate of drug-likeness (QED) is 0.258. The molecule has 1 aliphatic rings. The zero-order valence-corrected chi connectivity index (χ0v) is 22.3. The molecule has 0 unspecified atom stereocenters. The third-order valence-electron chi connectivity index (χ3n) is 6.00. The number of ether oxygens (including phenoxy) is 2. The standard InChI is InChI=1S/C26H31NO3S.C3H8/c1-18-7-6-8-19(2)22(18)11-9-20(3)25(28)27-31-24-17-21(10-12-23(24)29-5)26(4)13-15-30-16-14-26;1-3-2/h6-12,17H,3,13-16H2,1-2,4-5H3,(H,27,28);3H2,1-2H3/b11-9-;. The van der Waals surface area contributed by atoms with Crippen LogP contribution in [0.2, 0.25) is 0 Å². The van der Waals surface area contributed by atoms with Gasteiger partial charge in [0, 0.05) is 18.8 Å². The van der Waals surface area contributed by atoms with Crippen LogP contribution in [0.4, 0.5) is 0 Å². The van der Waals surface area contributed by atoms with Crippen molar-refractivity contribution in [1.29, 1.82) is 0 Å². The van der Waals surface area contributed by atoms with E-state index < -0.39 is 0 Å². The fraction of sp³-hybridized carbons (Fsp3) is 0.414. The van der Waals surface area contributed by atoms with Gasteiger partial charge in [0.05, 0.1) is 12.0 Å². The van der Waals surface area contributed by atoms with E-state index in [0.29, 0.717) is 5.57 Å². The lowest BCUT2D eigenvalue weighted by Gasteiger charge is -2.34. The highest BCUT2D eigenvalue weighted by atomic mass is 32.2. The van der Waals surface area contributed by atoms with Crippen molar-refractivity contribution in [1.82, 2.24) is 4.72 Å². The number of carbonyl (C=O) groups excluding carboxylic acids is 1. The Hall–Kier alpha value is -2.50. The number of benzene rings is 2. The molecule has 0 aliphatic carbocycles. The molecule has 2 aromatic rings. The lowest BCUT2D eigenvalue weighted by molar-refractivity contribution is -0.115. The first-order valence-electron chi connectivity index (χ1n) is 11.9. The van der Waals surface area contributed by atoms with Gasteiger partial charge >= 0.3 is 0 Å². The largest absolute Gasteiger partial charge is 0.496 e. The average molecular weight is 482 g/mol. The summed E-state index contributed by atoms with van der Waals surface area (Å²) in [6.45, 7) is 16.1. The van der Waals surface area contributed by atoms with Crippen molar-refractivity contribution in [3.63, 3.8) is 0 Å². The van der Waals surface area contributed by atoms with E-state index in [4.69, 9.17) is 9.47 Å². The van der Waals surface area contributed by atoms with Gasteiger partial charge in [0.2, 0.25) is 0 Å². The van der Waals surface area contributed by atoms with Crippen molar-refractivity contribution in [3.8, 4) is 5.75 Å². The summed E-state index contributed by atoms with van der Waals surface area (Å²) in [7, 11) is 1.64. The van der Waals surface area contributed by atoms with E-state index in [0.717, 1.165) is 42.3 Å². The summed E-state index contributed by atoms with van der Waals surface area (Å²) >= 11 is 1.26. The molecule has 3 rings (SSSR count). The van der Waals surface area contributed by atoms with Crippen LogP contribution in [0.5, 0.6) is 5.75 Å². The zero-order valence-electron chi connectivity index (χ0n) is 21.5. The van der Waals surface area contributed by atoms with Gasteiger partial charge in [-0.05, 0) is 84.5 Å². The molecule has 4 nitrogen and oxygen atoms in total. The van der Waals surface area contributed by atoms with Gasteiger partial charge in [-0.1, -0.05) is 64.1 Å². The van der Waals surface area contributed by atoms with Gasteiger partial charge in [0.15, 0.2) is 0 Å². The summed E-state index contributed by atoms with van der Waals surface area (Å²) in [6, 6.07) is 12.3. The molecule has 1 amide bonds. The minimum absolute atomic E-state index is 0.0710. The summed E-state index contributed by atoms with van der Waals surface area (Å²) in [5, 5.41) is 0. The number of nitrogens with one attached hydrogen (secondary N) is 1. The van der Waals surface area contributed by atoms with Gasteiger partial charge in [0.25, 0.3) is 5.91 Å². The summed E-state index contributed by atoms with van der Waals surface area (Å²) < 4.78 is 13.9. The minimum atomic E-state index is -0.225. The molecular weight excluding hydrogens is 442 g/mol. The summed E-state index contributed by atoms with van der Waals surface area (Å²) in [5.41, 5.74) is 5.16. The maximum absolute atomic E-state index is 12.6. The monoisotopic (exact) mass is 481 g/mol. The van der Waals surface area contributed by atoms with Crippen LogP contribution in [0.3, 0.4) is 0 Å². The van der Waals surface area contributed by atoms with Crippen LogP contribution < -0.4 is 9.46 Å². The van der Waals surface area contributed by atoms with Crippen LogP contribution in [0.15, 0.2) is 59.5 Å². The van der Waals surface area contributed by atoms with Gasteiger partial charge in [-0.15, -0.1) is 0 Å². The van der Waals surface area contributed by atoms with E-state index in [9.17, 15) is 4.79 Å². The summed E-state index contributed by atoms with van der Waals surface area (Å²) in [5.74, 6) is 0.513. The first-order valence-corrected chi connectivity index (χ1v) is 12.7. The van der Waals surface area contributed by atoms with Crippen molar-refractivity contribution < 1.29 is 14.3 Å². The molecule has 1 saturated heterocycles. The Morgan fingerprint density at radius 3 is 2.38 bits per heavy atom.